The molecule has 1 spiro atoms. The fourth-order valence-electron chi connectivity index (χ4n) is 3.34. The van der Waals surface area contributed by atoms with Gasteiger partial charge in [-0.1, -0.05) is 30.3 Å². The molecule has 1 heterocycles. The van der Waals surface area contributed by atoms with Gasteiger partial charge in [-0.25, -0.2) is 6.57 Å². The molecule has 1 saturated heterocycles. The Kier molecular flexibility index (Phi) is 2.97. The largest absolute Gasteiger partial charge is 0.471 e. The summed E-state index contributed by atoms with van der Waals surface area (Å²) in [4.78, 5) is 16.1. The highest BCUT2D eigenvalue weighted by atomic mass is 19.4. The molecule has 1 aliphatic carbocycles. The Hall–Kier alpha value is -2.03. The molecule has 1 saturated carbocycles. The molecule has 1 amide bonds. The Morgan fingerprint density at radius 3 is 2.38 bits per heavy atom. The van der Waals surface area contributed by atoms with Crippen molar-refractivity contribution in [3.05, 3.63) is 47.3 Å². The third-order valence-corrected chi connectivity index (χ3v) is 4.47. The molecule has 0 radical (unpaired) electrons. The summed E-state index contributed by atoms with van der Waals surface area (Å²) in [5, 5.41) is 0. The van der Waals surface area contributed by atoms with Crippen LogP contribution in [-0.4, -0.2) is 35.1 Å². The van der Waals surface area contributed by atoms with Crippen molar-refractivity contribution in [3.63, 3.8) is 0 Å². The summed E-state index contributed by atoms with van der Waals surface area (Å²) in [6.07, 6.45) is -3.93. The molecular formula is C15H13F3N2O. The topological polar surface area (TPSA) is 24.7 Å². The third kappa shape index (κ3) is 2.08. The van der Waals surface area contributed by atoms with E-state index in [-0.39, 0.29) is 12.5 Å². The van der Waals surface area contributed by atoms with Gasteiger partial charge in [0.15, 0.2) is 0 Å². The molecule has 110 valence electrons. The quantitative estimate of drug-likeness (QED) is 0.731. The first kappa shape index (κ1) is 13.9. The number of nitrogens with zero attached hydrogens (tertiary/aromatic N) is 2. The molecule has 0 bridgehead atoms. The monoisotopic (exact) mass is 294 g/mol. The van der Waals surface area contributed by atoms with Crippen LogP contribution in [0.2, 0.25) is 0 Å². The Morgan fingerprint density at radius 2 is 1.90 bits per heavy atom. The summed E-state index contributed by atoms with van der Waals surface area (Å²) in [5.74, 6) is -2.16. The molecule has 0 N–H and O–H groups in total. The third-order valence-electron chi connectivity index (χ3n) is 4.47. The maximum Gasteiger partial charge on any atom is 0.471 e. The van der Waals surface area contributed by atoms with Gasteiger partial charge in [-0.05, 0) is 18.4 Å². The molecule has 6 heteroatoms. The lowest BCUT2D eigenvalue weighted by Crippen LogP contribution is -2.47. The van der Waals surface area contributed by atoms with Crippen molar-refractivity contribution in [2.24, 2.45) is 0 Å². The minimum atomic E-state index is -4.88. The highest BCUT2D eigenvalue weighted by Crippen LogP contribution is 2.56. The average Bonchev–Trinajstić information content (AvgIpc) is 3.15. The number of alkyl halides is 3. The number of likely N-dealkylation sites (tertiary alicyclic amines) is 1. The van der Waals surface area contributed by atoms with Gasteiger partial charge < -0.3 is 9.74 Å². The highest BCUT2D eigenvalue weighted by molar-refractivity contribution is 5.84. The lowest BCUT2D eigenvalue weighted by molar-refractivity contribution is -0.187. The smallest absolute Gasteiger partial charge is 0.320 e. The number of halogens is 3. The van der Waals surface area contributed by atoms with E-state index in [0.29, 0.717) is 12.8 Å². The summed E-state index contributed by atoms with van der Waals surface area (Å²) in [6.45, 7) is 7.34. The number of benzene rings is 1. The zero-order valence-corrected chi connectivity index (χ0v) is 11.1. The van der Waals surface area contributed by atoms with Crippen molar-refractivity contribution in [3.8, 4) is 0 Å². The zero-order chi connectivity index (χ0) is 15.3. The Labute approximate surface area is 120 Å². The van der Waals surface area contributed by atoms with Crippen molar-refractivity contribution >= 4 is 5.91 Å². The Bertz CT molecular complexity index is 602. The second kappa shape index (κ2) is 4.48. The minimum Gasteiger partial charge on any atom is -0.320 e. The highest BCUT2D eigenvalue weighted by Gasteiger charge is 2.69. The maximum absolute atomic E-state index is 12.8. The van der Waals surface area contributed by atoms with Crippen LogP contribution >= 0.6 is 0 Å². The molecule has 1 aromatic carbocycles. The normalized spacial score (nSPS) is 26.7. The fourth-order valence-corrected chi connectivity index (χ4v) is 3.34. The summed E-state index contributed by atoms with van der Waals surface area (Å²) in [7, 11) is 0. The van der Waals surface area contributed by atoms with Crippen LogP contribution in [0.5, 0.6) is 0 Å². The second-order valence-corrected chi connectivity index (χ2v) is 5.61. The predicted octanol–water partition coefficient (Wildman–Crippen LogP) is 3.00. The van der Waals surface area contributed by atoms with Crippen LogP contribution in [0.3, 0.4) is 0 Å². The summed E-state index contributed by atoms with van der Waals surface area (Å²) in [6, 6.07) is 8.43. The van der Waals surface area contributed by atoms with E-state index >= 15 is 0 Å². The van der Waals surface area contributed by atoms with Crippen LogP contribution in [0.25, 0.3) is 4.85 Å². The second-order valence-electron chi connectivity index (χ2n) is 5.61. The van der Waals surface area contributed by atoms with Crippen molar-refractivity contribution in [2.75, 3.05) is 6.54 Å². The molecule has 2 fully saturated rings. The van der Waals surface area contributed by atoms with Crippen LogP contribution < -0.4 is 0 Å². The van der Waals surface area contributed by atoms with Crippen LogP contribution in [0.15, 0.2) is 30.3 Å². The molecule has 1 aromatic rings. The van der Waals surface area contributed by atoms with Crippen LogP contribution in [0.4, 0.5) is 13.2 Å². The van der Waals surface area contributed by atoms with Gasteiger partial charge in [0.1, 0.15) is 5.54 Å². The van der Waals surface area contributed by atoms with E-state index in [0.717, 1.165) is 10.5 Å². The van der Waals surface area contributed by atoms with Gasteiger partial charge in [0.2, 0.25) is 0 Å². The van der Waals surface area contributed by atoms with Crippen LogP contribution in [0, 0.1) is 6.57 Å². The number of carbonyl (C=O) groups excluding carboxylic acids is 1. The first-order valence-corrected chi connectivity index (χ1v) is 6.70. The van der Waals surface area contributed by atoms with E-state index < -0.39 is 23.7 Å². The van der Waals surface area contributed by atoms with Crippen molar-refractivity contribution in [1.82, 2.24) is 4.90 Å². The van der Waals surface area contributed by atoms with E-state index in [9.17, 15) is 18.0 Å². The van der Waals surface area contributed by atoms with Crippen molar-refractivity contribution < 1.29 is 18.0 Å². The standard InChI is InChI=1S/C15H13F3N2O/c1-19-12-11(10-5-3-2-4-6-10)9-20(14(12)7-8-14)13(21)15(16,17)18/h2-6,11-12H,7-9H2/t11-,12-/m1/s1. The predicted molar refractivity (Wildman–Crippen MR) is 69.3 cm³/mol. The van der Waals surface area contributed by atoms with Gasteiger partial charge in [0.25, 0.3) is 6.04 Å². The number of rotatable bonds is 1. The van der Waals surface area contributed by atoms with Crippen LogP contribution in [-0.2, 0) is 4.79 Å². The molecule has 0 unspecified atom stereocenters. The molecule has 21 heavy (non-hydrogen) atoms. The van der Waals surface area contributed by atoms with Crippen molar-refractivity contribution in [1.29, 1.82) is 0 Å². The van der Waals surface area contributed by atoms with Crippen LogP contribution in [0.1, 0.15) is 24.3 Å². The number of amides is 1. The van der Waals surface area contributed by atoms with Gasteiger partial charge in [-0.3, -0.25) is 4.79 Å². The first-order chi connectivity index (χ1) is 9.90. The number of hydrogen-bond donors (Lipinski definition) is 0. The SMILES string of the molecule is [C-]#[N+][C@@H]1[C@@H](c2ccccc2)CN(C(=O)C(F)(F)F)C12CC2. The van der Waals surface area contributed by atoms with E-state index in [4.69, 9.17) is 6.57 Å². The first-order valence-electron chi connectivity index (χ1n) is 6.70. The molecule has 2 atom stereocenters. The average molecular weight is 294 g/mol. The molecule has 2 aliphatic rings. The van der Waals surface area contributed by atoms with Gasteiger partial charge in [-0.2, -0.15) is 13.2 Å². The molecule has 0 aromatic heterocycles. The van der Waals surface area contributed by atoms with Gasteiger partial charge in [0.05, 0.1) is 5.92 Å². The molecule has 1 aliphatic heterocycles. The van der Waals surface area contributed by atoms with Gasteiger partial charge >= 0.3 is 12.1 Å². The van der Waals surface area contributed by atoms with Gasteiger partial charge in [-0.15, -0.1) is 0 Å². The summed E-state index contributed by atoms with van der Waals surface area (Å²) < 4.78 is 38.3. The summed E-state index contributed by atoms with van der Waals surface area (Å²) >= 11 is 0. The van der Waals surface area contributed by atoms with E-state index in [2.05, 4.69) is 4.85 Å². The molecule has 3 nitrogen and oxygen atoms in total. The Balaban J connectivity index is 1.96. The maximum atomic E-state index is 12.8. The Morgan fingerprint density at radius 1 is 1.29 bits per heavy atom. The molecule has 3 rings (SSSR count). The number of hydrogen-bond acceptors (Lipinski definition) is 1. The number of carbonyl (C=O) groups is 1. The van der Waals surface area contributed by atoms with Gasteiger partial charge in [0, 0.05) is 6.54 Å². The lowest BCUT2D eigenvalue weighted by Gasteiger charge is -2.24. The minimum absolute atomic E-state index is 0.0323. The zero-order valence-electron chi connectivity index (χ0n) is 11.1. The van der Waals surface area contributed by atoms with E-state index in [1.807, 2.05) is 6.07 Å². The van der Waals surface area contributed by atoms with E-state index in [1.54, 1.807) is 24.3 Å². The lowest BCUT2D eigenvalue weighted by atomic mass is 9.91. The van der Waals surface area contributed by atoms with E-state index in [1.165, 1.54) is 0 Å². The molecular weight excluding hydrogens is 281 g/mol. The fraction of sp³-hybridized carbons (Fsp3) is 0.467. The summed E-state index contributed by atoms with van der Waals surface area (Å²) in [5.41, 5.74) is -0.0863. The van der Waals surface area contributed by atoms with Crippen molar-refractivity contribution in [2.45, 2.75) is 36.5 Å².